The van der Waals surface area contributed by atoms with Crippen LogP contribution in [0.2, 0.25) is 0 Å². The summed E-state index contributed by atoms with van der Waals surface area (Å²) in [6.07, 6.45) is 1.89. The molecule has 1 saturated heterocycles. The lowest BCUT2D eigenvalue weighted by atomic mass is 9.96. The van der Waals surface area contributed by atoms with Gasteiger partial charge in [0.05, 0.1) is 0 Å². The number of carbonyl (C=O) groups excluding carboxylic acids is 1. The first-order valence-corrected chi connectivity index (χ1v) is 9.40. The van der Waals surface area contributed by atoms with Gasteiger partial charge < -0.3 is 4.90 Å². The van der Waals surface area contributed by atoms with Crippen LogP contribution in [0.3, 0.4) is 0 Å². The van der Waals surface area contributed by atoms with E-state index in [4.69, 9.17) is 0 Å². The van der Waals surface area contributed by atoms with Gasteiger partial charge in [-0.2, -0.15) is 9.61 Å². The zero-order valence-electron chi connectivity index (χ0n) is 14.7. The van der Waals surface area contributed by atoms with E-state index in [0.717, 1.165) is 52.9 Å². The fourth-order valence-electron chi connectivity index (χ4n) is 3.28. The van der Waals surface area contributed by atoms with Crippen molar-refractivity contribution in [1.82, 2.24) is 24.7 Å². The van der Waals surface area contributed by atoms with Gasteiger partial charge in [0.1, 0.15) is 5.01 Å². The maximum absolute atomic E-state index is 12.7. The van der Waals surface area contributed by atoms with E-state index in [0.29, 0.717) is 5.92 Å². The zero-order valence-corrected chi connectivity index (χ0v) is 15.5. The summed E-state index contributed by atoms with van der Waals surface area (Å²) in [4.78, 5) is 15.6. The highest BCUT2D eigenvalue weighted by molar-refractivity contribution is 7.16. The topological polar surface area (TPSA) is 63.4 Å². The van der Waals surface area contributed by atoms with Crippen molar-refractivity contribution in [3.63, 3.8) is 0 Å². The van der Waals surface area contributed by atoms with Gasteiger partial charge in [-0.25, -0.2) is 0 Å². The lowest BCUT2D eigenvalue weighted by Crippen LogP contribution is -2.38. The van der Waals surface area contributed by atoms with Gasteiger partial charge in [0, 0.05) is 24.6 Å². The Kier molecular flexibility index (Phi) is 4.03. The van der Waals surface area contributed by atoms with Gasteiger partial charge >= 0.3 is 0 Å². The molecular weight excluding hydrogens is 334 g/mol. The summed E-state index contributed by atoms with van der Waals surface area (Å²) < 4.78 is 1.81. The Morgan fingerprint density at radius 1 is 1.12 bits per heavy atom. The van der Waals surface area contributed by atoms with Crippen molar-refractivity contribution in [2.75, 3.05) is 13.1 Å². The van der Waals surface area contributed by atoms with E-state index >= 15 is 0 Å². The molecule has 6 nitrogen and oxygen atoms in total. The summed E-state index contributed by atoms with van der Waals surface area (Å²) in [6, 6.07) is 5.95. The Labute approximate surface area is 150 Å². The van der Waals surface area contributed by atoms with Crippen molar-refractivity contribution in [2.45, 2.75) is 39.5 Å². The van der Waals surface area contributed by atoms with Crippen LogP contribution < -0.4 is 0 Å². The molecule has 1 aliphatic heterocycles. The highest BCUT2D eigenvalue weighted by atomic mass is 32.1. The van der Waals surface area contributed by atoms with Crippen molar-refractivity contribution in [3.05, 3.63) is 45.7 Å². The van der Waals surface area contributed by atoms with Crippen LogP contribution in [0.25, 0.3) is 4.96 Å². The van der Waals surface area contributed by atoms with E-state index in [-0.39, 0.29) is 5.91 Å². The molecule has 7 heteroatoms. The van der Waals surface area contributed by atoms with Crippen LogP contribution in [0, 0.1) is 20.8 Å². The van der Waals surface area contributed by atoms with E-state index in [1.165, 1.54) is 5.56 Å². The van der Waals surface area contributed by atoms with Crippen LogP contribution >= 0.6 is 11.3 Å². The number of aryl methyl sites for hydroxylation is 3. The molecule has 0 unspecified atom stereocenters. The van der Waals surface area contributed by atoms with Crippen LogP contribution in [-0.4, -0.2) is 43.7 Å². The molecule has 1 aliphatic rings. The minimum Gasteiger partial charge on any atom is -0.339 e. The molecule has 4 rings (SSSR count). The number of amides is 1. The van der Waals surface area contributed by atoms with E-state index in [9.17, 15) is 4.79 Å². The molecule has 130 valence electrons. The Bertz CT molecular complexity index is 936. The molecule has 3 aromatic rings. The molecule has 0 aliphatic carbocycles. The monoisotopic (exact) mass is 355 g/mol. The number of benzene rings is 1. The van der Waals surface area contributed by atoms with Crippen molar-refractivity contribution < 1.29 is 4.79 Å². The average Bonchev–Trinajstić information content (AvgIpc) is 3.19. The lowest BCUT2D eigenvalue weighted by Gasteiger charge is -2.31. The molecule has 0 saturated carbocycles. The predicted octanol–water partition coefficient (Wildman–Crippen LogP) is 3.13. The third-order valence-corrected chi connectivity index (χ3v) is 6.11. The average molecular weight is 355 g/mol. The van der Waals surface area contributed by atoms with Crippen molar-refractivity contribution in [3.8, 4) is 0 Å². The number of nitrogens with zero attached hydrogens (tertiary/aromatic N) is 5. The second kappa shape index (κ2) is 6.22. The predicted molar refractivity (Wildman–Crippen MR) is 97.2 cm³/mol. The molecule has 0 bridgehead atoms. The number of hydrogen-bond acceptors (Lipinski definition) is 5. The number of hydrogen-bond donors (Lipinski definition) is 0. The van der Waals surface area contributed by atoms with Gasteiger partial charge in [-0.15, -0.1) is 10.2 Å². The van der Waals surface area contributed by atoms with Crippen LogP contribution in [-0.2, 0) is 0 Å². The largest absolute Gasteiger partial charge is 0.339 e. The Balaban J connectivity index is 1.45. The quantitative estimate of drug-likeness (QED) is 0.708. The smallest absolute Gasteiger partial charge is 0.253 e. The fraction of sp³-hybridized carbons (Fsp3) is 0.444. The highest BCUT2D eigenvalue weighted by Gasteiger charge is 2.27. The number of piperidine rings is 1. The number of rotatable bonds is 2. The van der Waals surface area contributed by atoms with Crippen LogP contribution in [0.5, 0.6) is 0 Å². The second-order valence-electron chi connectivity index (χ2n) is 6.75. The summed E-state index contributed by atoms with van der Waals surface area (Å²) in [6.45, 7) is 7.57. The summed E-state index contributed by atoms with van der Waals surface area (Å²) >= 11 is 1.61. The van der Waals surface area contributed by atoms with Crippen molar-refractivity contribution in [1.29, 1.82) is 0 Å². The third kappa shape index (κ3) is 2.93. The molecule has 0 spiro atoms. The molecule has 3 heterocycles. The number of likely N-dealkylation sites (tertiary alicyclic amines) is 1. The minimum absolute atomic E-state index is 0.135. The second-order valence-corrected chi connectivity index (χ2v) is 7.73. The van der Waals surface area contributed by atoms with E-state index < -0.39 is 0 Å². The van der Waals surface area contributed by atoms with Crippen molar-refractivity contribution in [2.24, 2.45) is 0 Å². The van der Waals surface area contributed by atoms with Gasteiger partial charge in [0.15, 0.2) is 5.82 Å². The van der Waals surface area contributed by atoms with E-state index in [1.807, 2.05) is 41.5 Å². The third-order valence-electron chi connectivity index (χ3n) is 5.05. The molecule has 2 aromatic heterocycles. The van der Waals surface area contributed by atoms with E-state index in [2.05, 4.69) is 22.2 Å². The summed E-state index contributed by atoms with van der Waals surface area (Å²) in [5.41, 5.74) is 3.17. The lowest BCUT2D eigenvalue weighted by molar-refractivity contribution is 0.0712. The molecule has 0 radical (unpaired) electrons. The number of aromatic nitrogens is 4. The normalized spacial score (nSPS) is 15.9. The van der Waals surface area contributed by atoms with Crippen LogP contribution in [0.15, 0.2) is 18.2 Å². The number of fused-ring (bicyclic) bond motifs is 1. The Morgan fingerprint density at radius 2 is 1.88 bits per heavy atom. The van der Waals surface area contributed by atoms with Crippen molar-refractivity contribution >= 4 is 22.2 Å². The summed E-state index contributed by atoms with van der Waals surface area (Å²) in [7, 11) is 0. The molecule has 0 atom stereocenters. The van der Waals surface area contributed by atoms with Gasteiger partial charge in [0.25, 0.3) is 5.91 Å². The molecular formula is C18H21N5OS. The van der Waals surface area contributed by atoms with E-state index in [1.54, 1.807) is 11.3 Å². The molecule has 25 heavy (non-hydrogen) atoms. The Morgan fingerprint density at radius 3 is 2.56 bits per heavy atom. The standard InChI is InChI=1S/C18H21N5OS/c1-11-4-5-15(10-12(11)2)17(24)22-8-6-14(7-9-22)16-21-23-13(3)19-20-18(23)25-16/h4-5,10,14H,6-9H2,1-3H3. The van der Waals surface area contributed by atoms with Gasteiger partial charge in [0.2, 0.25) is 4.96 Å². The Hall–Kier alpha value is -2.28. The molecule has 1 aromatic carbocycles. The SMILES string of the molecule is Cc1ccc(C(=O)N2CCC(c3nn4c(C)nnc4s3)CC2)cc1C. The first-order valence-electron chi connectivity index (χ1n) is 8.58. The summed E-state index contributed by atoms with van der Waals surface area (Å²) in [5, 5.41) is 13.9. The molecule has 1 fully saturated rings. The molecule has 0 N–H and O–H groups in total. The zero-order chi connectivity index (χ0) is 17.6. The van der Waals surface area contributed by atoms with Crippen LogP contribution in [0.4, 0.5) is 0 Å². The number of carbonyl (C=O) groups is 1. The van der Waals surface area contributed by atoms with Gasteiger partial charge in [-0.1, -0.05) is 17.4 Å². The summed E-state index contributed by atoms with van der Waals surface area (Å²) in [5.74, 6) is 1.35. The minimum atomic E-state index is 0.135. The van der Waals surface area contributed by atoms with Crippen LogP contribution in [0.1, 0.15) is 51.1 Å². The highest BCUT2D eigenvalue weighted by Crippen LogP contribution is 2.31. The molecule has 1 amide bonds. The first-order chi connectivity index (χ1) is 12.0. The first kappa shape index (κ1) is 16.2. The van der Waals surface area contributed by atoms with Gasteiger partial charge in [-0.05, 0) is 56.9 Å². The fourth-order valence-corrected chi connectivity index (χ4v) is 4.33. The van der Waals surface area contributed by atoms with Gasteiger partial charge in [-0.3, -0.25) is 4.79 Å². The maximum Gasteiger partial charge on any atom is 0.253 e. The maximum atomic E-state index is 12.7.